The summed E-state index contributed by atoms with van der Waals surface area (Å²) in [5, 5.41) is 0.881. The van der Waals surface area contributed by atoms with Gasteiger partial charge in [-0.25, -0.2) is 4.98 Å². The largest absolute Gasteiger partial charge is 0.342 e. The van der Waals surface area contributed by atoms with Gasteiger partial charge in [0.15, 0.2) is 0 Å². The van der Waals surface area contributed by atoms with Crippen LogP contribution in [-0.4, -0.2) is 52.8 Å². The zero-order valence-electron chi connectivity index (χ0n) is 21.1. The van der Waals surface area contributed by atoms with Gasteiger partial charge in [0.25, 0.3) is 5.91 Å². The number of aryl methyl sites for hydroxylation is 2. The number of rotatable bonds is 3. The summed E-state index contributed by atoms with van der Waals surface area (Å²) in [4.78, 5) is 35.7. The second-order valence-electron chi connectivity index (χ2n) is 10.5. The first-order chi connectivity index (χ1) is 16.9. The molecule has 0 unspecified atom stereocenters. The van der Waals surface area contributed by atoms with Gasteiger partial charge in [0.2, 0.25) is 5.91 Å². The molecule has 2 aliphatic rings. The average Bonchev–Trinajstić information content (AvgIpc) is 2.88. The lowest BCUT2D eigenvalue weighted by molar-refractivity contribution is -0.138. The van der Waals surface area contributed by atoms with Crippen LogP contribution < -0.4 is 0 Å². The maximum Gasteiger partial charge on any atom is 0.254 e. The van der Waals surface area contributed by atoms with E-state index in [1.807, 2.05) is 35.2 Å². The fourth-order valence-corrected chi connectivity index (χ4v) is 5.58. The van der Waals surface area contributed by atoms with Crippen LogP contribution in [-0.2, 0) is 4.79 Å². The summed E-state index contributed by atoms with van der Waals surface area (Å²) >= 11 is 0. The van der Waals surface area contributed by atoms with E-state index in [-0.39, 0.29) is 17.7 Å². The minimum absolute atomic E-state index is 0.0345. The van der Waals surface area contributed by atoms with Gasteiger partial charge in [-0.05, 0) is 63.1 Å². The molecule has 2 fully saturated rings. The number of hydrogen-bond acceptors (Lipinski definition) is 3. The van der Waals surface area contributed by atoms with Gasteiger partial charge in [0.05, 0.1) is 16.8 Å². The highest BCUT2D eigenvalue weighted by Gasteiger charge is 2.32. The van der Waals surface area contributed by atoms with Crippen molar-refractivity contribution in [1.29, 1.82) is 0 Å². The summed E-state index contributed by atoms with van der Waals surface area (Å²) in [5.74, 6) is 1.07. The van der Waals surface area contributed by atoms with Gasteiger partial charge < -0.3 is 9.80 Å². The van der Waals surface area contributed by atoms with Crippen LogP contribution in [0.3, 0.4) is 0 Å². The third-order valence-electron chi connectivity index (χ3n) is 7.83. The van der Waals surface area contributed by atoms with Crippen LogP contribution in [0.2, 0.25) is 0 Å². The Morgan fingerprint density at radius 2 is 1.54 bits per heavy atom. The summed E-state index contributed by atoms with van der Waals surface area (Å²) in [7, 11) is 0. The van der Waals surface area contributed by atoms with Gasteiger partial charge in [0, 0.05) is 43.0 Å². The molecule has 0 spiro atoms. The summed E-state index contributed by atoms with van der Waals surface area (Å²) in [6, 6.07) is 16.2. The molecule has 3 aromatic rings. The Bertz CT molecular complexity index is 1250. The average molecular weight is 470 g/mol. The molecule has 0 aliphatic carbocycles. The molecular weight excluding hydrogens is 434 g/mol. The third kappa shape index (κ3) is 4.82. The van der Waals surface area contributed by atoms with Crippen LogP contribution in [0.1, 0.15) is 54.1 Å². The van der Waals surface area contributed by atoms with Crippen molar-refractivity contribution in [3.8, 4) is 11.3 Å². The number of para-hydroxylation sites is 1. The first-order valence-electron chi connectivity index (χ1n) is 13.0. The van der Waals surface area contributed by atoms with Crippen molar-refractivity contribution in [2.24, 2.45) is 11.8 Å². The van der Waals surface area contributed by atoms with E-state index in [0.717, 1.165) is 66.5 Å². The first kappa shape index (κ1) is 23.5. The van der Waals surface area contributed by atoms with Crippen molar-refractivity contribution in [2.75, 3.05) is 26.2 Å². The van der Waals surface area contributed by atoms with Gasteiger partial charge in [-0.1, -0.05) is 48.9 Å². The Kier molecular flexibility index (Phi) is 6.59. The minimum atomic E-state index is 0.0345. The van der Waals surface area contributed by atoms with E-state index in [4.69, 9.17) is 4.98 Å². The Morgan fingerprint density at radius 1 is 0.857 bits per heavy atom. The summed E-state index contributed by atoms with van der Waals surface area (Å²) in [5.41, 5.74) is 5.76. The molecule has 5 heteroatoms. The first-order valence-corrected chi connectivity index (χ1v) is 13.0. The SMILES string of the molecule is Cc1ccc(-c2cc(C(=O)N3CCC(C(=O)N4CCC(C)CC4)CC3)c3ccccc3n2)c(C)c1. The molecule has 35 heavy (non-hydrogen) atoms. The number of nitrogens with zero attached hydrogens (tertiary/aromatic N) is 3. The number of likely N-dealkylation sites (tertiary alicyclic amines) is 2. The highest BCUT2D eigenvalue weighted by molar-refractivity contribution is 6.07. The van der Waals surface area contributed by atoms with Crippen LogP contribution in [0, 0.1) is 25.7 Å². The topological polar surface area (TPSA) is 53.5 Å². The fraction of sp³-hybridized carbons (Fsp3) is 0.433. The Hall–Kier alpha value is -3.21. The van der Waals surface area contributed by atoms with Crippen LogP contribution in [0.4, 0.5) is 0 Å². The molecule has 2 saturated heterocycles. The fourth-order valence-electron chi connectivity index (χ4n) is 5.58. The molecule has 0 saturated carbocycles. The standard InChI is InChI=1S/C30H35N3O2/c1-20-10-14-32(15-11-20)29(34)23-12-16-33(17-13-23)30(35)26-19-28(24-9-8-21(2)18-22(24)3)31-27-7-5-4-6-25(26)27/h4-9,18-20,23H,10-17H2,1-3H3. The van der Waals surface area contributed by atoms with E-state index in [0.29, 0.717) is 24.6 Å². The molecule has 0 atom stereocenters. The van der Waals surface area contributed by atoms with Gasteiger partial charge >= 0.3 is 0 Å². The second-order valence-corrected chi connectivity index (χ2v) is 10.5. The van der Waals surface area contributed by atoms with Gasteiger partial charge in [-0.2, -0.15) is 0 Å². The lowest BCUT2D eigenvalue weighted by Gasteiger charge is -2.37. The predicted octanol–water partition coefficient (Wildman–Crippen LogP) is 5.63. The van der Waals surface area contributed by atoms with E-state index in [1.54, 1.807) is 0 Å². The summed E-state index contributed by atoms with van der Waals surface area (Å²) < 4.78 is 0. The second kappa shape index (κ2) is 9.80. The number of aromatic nitrogens is 1. The highest BCUT2D eigenvalue weighted by atomic mass is 16.2. The smallest absolute Gasteiger partial charge is 0.254 e. The Balaban J connectivity index is 1.37. The highest BCUT2D eigenvalue weighted by Crippen LogP contribution is 2.30. The number of fused-ring (bicyclic) bond motifs is 1. The number of carbonyl (C=O) groups is 2. The van der Waals surface area contributed by atoms with E-state index >= 15 is 0 Å². The summed E-state index contributed by atoms with van der Waals surface area (Å²) in [6.07, 6.45) is 3.68. The number of amides is 2. The number of hydrogen-bond donors (Lipinski definition) is 0. The van der Waals surface area contributed by atoms with Gasteiger partial charge in [0.1, 0.15) is 0 Å². The number of pyridine rings is 1. The van der Waals surface area contributed by atoms with E-state index in [1.165, 1.54) is 5.56 Å². The van der Waals surface area contributed by atoms with Crippen molar-refractivity contribution in [3.05, 3.63) is 65.2 Å². The molecule has 0 bridgehead atoms. The van der Waals surface area contributed by atoms with E-state index in [2.05, 4.69) is 43.9 Å². The van der Waals surface area contributed by atoms with Gasteiger partial charge in [-0.15, -0.1) is 0 Å². The number of carbonyl (C=O) groups excluding carboxylic acids is 2. The van der Waals surface area contributed by atoms with E-state index in [9.17, 15) is 9.59 Å². The van der Waals surface area contributed by atoms with Crippen LogP contribution in [0.25, 0.3) is 22.2 Å². The zero-order chi connectivity index (χ0) is 24.5. The Labute approximate surface area is 208 Å². The van der Waals surface area contributed by atoms with Crippen molar-refractivity contribution in [2.45, 2.75) is 46.5 Å². The maximum absolute atomic E-state index is 13.8. The molecule has 2 aromatic carbocycles. The minimum Gasteiger partial charge on any atom is -0.342 e. The number of piperidine rings is 2. The van der Waals surface area contributed by atoms with Crippen molar-refractivity contribution < 1.29 is 9.59 Å². The molecule has 2 aliphatic heterocycles. The quantitative estimate of drug-likeness (QED) is 0.500. The van der Waals surface area contributed by atoms with Crippen LogP contribution >= 0.6 is 0 Å². The number of benzene rings is 2. The lowest BCUT2D eigenvalue weighted by Crippen LogP contribution is -2.46. The maximum atomic E-state index is 13.8. The molecule has 0 radical (unpaired) electrons. The van der Waals surface area contributed by atoms with Crippen LogP contribution in [0.5, 0.6) is 0 Å². The molecule has 5 nitrogen and oxygen atoms in total. The van der Waals surface area contributed by atoms with E-state index < -0.39 is 0 Å². The molecule has 3 heterocycles. The molecular formula is C30H35N3O2. The van der Waals surface area contributed by atoms with Crippen molar-refractivity contribution >= 4 is 22.7 Å². The lowest BCUT2D eigenvalue weighted by atomic mass is 9.92. The molecule has 2 amide bonds. The van der Waals surface area contributed by atoms with Gasteiger partial charge in [-0.3, -0.25) is 9.59 Å². The Morgan fingerprint density at radius 3 is 2.26 bits per heavy atom. The molecule has 5 rings (SSSR count). The molecule has 182 valence electrons. The van der Waals surface area contributed by atoms with Crippen molar-refractivity contribution in [1.82, 2.24) is 14.8 Å². The monoisotopic (exact) mass is 469 g/mol. The summed E-state index contributed by atoms with van der Waals surface area (Å²) in [6.45, 7) is 9.43. The van der Waals surface area contributed by atoms with Crippen molar-refractivity contribution in [3.63, 3.8) is 0 Å². The zero-order valence-corrected chi connectivity index (χ0v) is 21.1. The normalized spacial score (nSPS) is 17.7. The van der Waals surface area contributed by atoms with Crippen LogP contribution in [0.15, 0.2) is 48.5 Å². The predicted molar refractivity (Wildman–Crippen MR) is 140 cm³/mol. The third-order valence-corrected chi connectivity index (χ3v) is 7.83. The molecule has 0 N–H and O–H groups in total. The molecule has 1 aromatic heterocycles.